The molecule has 6 heteroatoms. The van der Waals surface area contributed by atoms with Crippen LogP contribution in [0.15, 0.2) is 72.8 Å². The lowest BCUT2D eigenvalue weighted by atomic mass is 9.95. The van der Waals surface area contributed by atoms with Gasteiger partial charge in [0.1, 0.15) is 5.69 Å². The number of rotatable bonds is 10. The van der Waals surface area contributed by atoms with Gasteiger partial charge in [-0.25, -0.2) is 0 Å². The predicted molar refractivity (Wildman–Crippen MR) is 145 cm³/mol. The van der Waals surface area contributed by atoms with Crippen LogP contribution in [0.1, 0.15) is 58.5 Å². The minimum atomic E-state index is -0.292. The maximum atomic E-state index is 13.7. The molecule has 2 heterocycles. The van der Waals surface area contributed by atoms with Gasteiger partial charge in [-0.3, -0.25) is 9.89 Å². The van der Waals surface area contributed by atoms with Crippen LogP contribution in [0.2, 0.25) is 0 Å². The van der Waals surface area contributed by atoms with Crippen molar-refractivity contribution in [2.45, 2.75) is 39.2 Å². The summed E-state index contributed by atoms with van der Waals surface area (Å²) in [5.74, 6) is 1.34. The first-order valence-electron chi connectivity index (χ1n) is 12.9. The summed E-state index contributed by atoms with van der Waals surface area (Å²) in [5, 5.41) is 7.65. The Balaban J connectivity index is 1.55. The summed E-state index contributed by atoms with van der Waals surface area (Å²) in [6, 6.07) is 24.2. The molecule has 1 aliphatic heterocycles. The van der Waals surface area contributed by atoms with E-state index in [1.807, 2.05) is 41.3 Å². The normalized spacial score (nSPS) is 14.6. The van der Waals surface area contributed by atoms with Crippen LogP contribution in [0.5, 0.6) is 11.5 Å². The van der Waals surface area contributed by atoms with E-state index in [0.717, 1.165) is 41.6 Å². The first-order valence-corrected chi connectivity index (χ1v) is 12.9. The number of aryl methyl sites for hydroxylation is 1. The van der Waals surface area contributed by atoms with Gasteiger partial charge in [-0.1, -0.05) is 79.6 Å². The maximum absolute atomic E-state index is 13.7. The van der Waals surface area contributed by atoms with E-state index in [2.05, 4.69) is 60.4 Å². The number of methoxy groups -OCH3 is 1. The first kappa shape index (κ1) is 24.6. The van der Waals surface area contributed by atoms with Gasteiger partial charge in [0.25, 0.3) is 5.91 Å². The van der Waals surface area contributed by atoms with E-state index in [4.69, 9.17) is 9.47 Å². The van der Waals surface area contributed by atoms with Crippen molar-refractivity contribution in [3.63, 3.8) is 0 Å². The molecule has 3 aromatic carbocycles. The highest BCUT2D eigenvalue weighted by Crippen LogP contribution is 2.44. The van der Waals surface area contributed by atoms with Gasteiger partial charge in [-0.2, -0.15) is 5.10 Å². The Morgan fingerprint density at radius 3 is 2.51 bits per heavy atom. The molecule has 1 aromatic heterocycles. The molecule has 0 bridgehead atoms. The third-order valence-corrected chi connectivity index (χ3v) is 6.93. The Bertz CT molecular complexity index is 1360. The maximum Gasteiger partial charge on any atom is 0.273 e. The first-order chi connectivity index (χ1) is 18.1. The summed E-state index contributed by atoms with van der Waals surface area (Å²) < 4.78 is 11.7. The number of fused-ring (bicyclic) bond motifs is 1. The van der Waals surface area contributed by atoms with Gasteiger partial charge in [-0.15, -0.1) is 0 Å². The lowest BCUT2D eigenvalue weighted by molar-refractivity contribution is 0.0745. The molecule has 37 heavy (non-hydrogen) atoms. The van der Waals surface area contributed by atoms with Gasteiger partial charge in [-0.05, 0) is 43.0 Å². The molecule has 0 aliphatic carbocycles. The van der Waals surface area contributed by atoms with Crippen molar-refractivity contribution in [1.82, 2.24) is 15.1 Å². The molecule has 0 saturated heterocycles. The number of aromatic amines is 1. The van der Waals surface area contributed by atoms with Crippen molar-refractivity contribution in [3.05, 3.63) is 101 Å². The minimum absolute atomic E-state index is 0.0379. The van der Waals surface area contributed by atoms with Crippen molar-refractivity contribution in [3.8, 4) is 22.8 Å². The zero-order valence-corrected chi connectivity index (χ0v) is 21.7. The molecular formula is C31H33N3O3. The van der Waals surface area contributed by atoms with Crippen molar-refractivity contribution in [2.24, 2.45) is 0 Å². The van der Waals surface area contributed by atoms with Crippen LogP contribution in [-0.4, -0.2) is 41.3 Å². The highest BCUT2D eigenvalue weighted by molar-refractivity contribution is 6.00. The summed E-state index contributed by atoms with van der Waals surface area (Å²) in [7, 11) is 1.65. The van der Waals surface area contributed by atoms with Crippen LogP contribution < -0.4 is 9.47 Å². The molecule has 1 atom stereocenters. The van der Waals surface area contributed by atoms with E-state index in [9.17, 15) is 4.79 Å². The largest absolute Gasteiger partial charge is 0.493 e. The Labute approximate surface area is 218 Å². The number of amides is 1. The fourth-order valence-electron chi connectivity index (χ4n) is 4.90. The van der Waals surface area contributed by atoms with Crippen LogP contribution >= 0.6 is 0 Å². The van der Waals surface area contributed by atoms with Gasteiger partial charge >= 0.3 is 0 Å². The summed E-state index contributed by atoms with van der Waals surface area (Å²) in [4.78, 5) is 15.6. The number of unbranched alkanes of at least 4 members (excludes halogenated alkanes) is 1. The second-order valence-electron chi connectivity index (χ2n) is 9.48. The third-order valence-electron chi connectivity index (χ3n) is 6.93. The zero-order valence-electron chi connectivity index (χ0n) is 21.7. The fourth-order valence-corrected chi connectivity index (χ4v) is 4.90. The second kappa shape index (κ2) is 10.9. The van der Waals surface area contributed by atoms with Gasteiger partial charge in [0.05, 0.1) is 25.5 Å². The minimum Gasteiger partial charge on any atom is -0.493 e. The van der Waals surface area contributed by atoms with Crippen LogP contribution in [0.3, 0.4) is 0 Å². The summed E-state index contributed by atoms with van der Waals surface area (Å²) >= 11 is 0. The van der Waals surface area contributed by atoms with Gasteiger partial charge in [0.2, 0.25) is 0 Å². The van der Waals surface area contributed by atoms with E-state index in [1.54, 1.807) is 7.11 Å². The van der Waals surface area contributed by atoms with Crippen LogP contribution in [0.25, 0.3) is 11.3 Å². The fraction of sp³-hybridized carbons (Fsp3) is 0.290. The standard InChI is InChI=1S/C31H33N3O3/c1-4-5-19-37-25-16-15-24(20-26(25)36-3)30-27-28(23-13-11-21(2)12-14-23)32-33-29(27)31(35)34(30)18-17-22-9-7-6-8-10-22/h6-16,20,30H,4-5,17-19H2,1-3H3,(H,32,33). The summed E-state index contributed by atoms with van der Waals surface area (Å²) in [5.41, 5.74) is 6.58. The molecule has 1 unspecified atom stereocenters. The van der Waals surface area contributed by atoms with Gasteiger partial charge in [0.15, 0.2) is 11.5 Å². The number of aromatic nitrogens is 2. The number of ether oxygens (including phenoxy) is 2. The number of carbonyl (C=O) groups excluding carboxylic acids is 1. The topological polar surface area (TPSA) is 67.5 Å². The average Bonchev–Trinajstić information content (AvgIpc) is 3.47. The van der Waals surface area contributed by atoms with Crippen molar-refractivity contribution < 1.29 is 14.3 Å². The van der Waals surface area contributed by atoms with E-state index >= 15 is 0 Å². The lowest BCUT2D eigenvalue weighted by Crippen LogP contribution is -2.31. The Morgan fingerprint density at radius 1 is 1.00 bits per heavy atom. The smallest absolute Gasteiger partial charge is 0.273 e. The second-order valence-corrected chi connectivity index (χ2v) is 9.48. The van der Waals surface area contributed by atoms with E-state index in [-0.39, 0.29) is 11.9 Å². The van der Waals surface area contributed by atoms with E-state index < -0.39 is 0 Å². The molecule has 0 spiro atoms. The van der Waals surface area contributed by atoms with Crippen molar-refractivity contribution in [2.75, 3.05) is 20.3 Å². The van der Waals surface area contributed by atoms with Crippen LogP contribution in [0.4, 0.5) is 0 Å². The molecule has 0 fully saturated rings. The number of hydrogen-bond acceptors (Lipinski definition) is 4. The number of hydrogen-bond donors (Lipinski definition) is 1. The average molecular weight is 496 g/mol. The molecule has 4 aromatic rings. The Morgan fingerprint density at radius 2 is 1.78 bits per heavy atom. The van der Waals surface area contributed by atoms with Crippen LogP contribution in [-0.2, 0) is 6.42 Å². The van der Waals surface area contributed by atoms with E-state index in [0.29, 0.717) is 30.3 Å². The highest BCUT2D eigenvalue weighted by Gasteiger charge is 2.42. The number of nitrogens with zero attached hydrogens (tertiary/aromatic N) is 2. The number of nitrogens with one attached hydrogen (secondary N) is 1. The number of H-pyrrole nitrogens is 1. The highest BCUT2D eigenvalue weighted by atomic mass is 16.5. The summed E-state index contributed by atoms with van der Waals surface area (Å²) in [6.07, 6.45) is 2.80. The van der Waals surface area contributed by atoms with E-state index in [1.165, 1.54) is 11.1 Å². The number of benzene rings is 3. The molecule has 6 nitrogen and oxygen atoms in total. The molecule has 5 rings (SSSR count). The molecule has 1 amide bonds. The number of carbonyl (C=O) groups is 1. The quantitative estimate of drug-likeness (QED) is 0.260. The van der Waals surface area contributed by atoms with Crippen LogP contribution in [0, 0.1) is 6.92 Å². The predicted octanol–water partition coefficient (Wildman–Crippen LogP) is 6.36. The Hall–Kier alpha value is -4.06. The van der Waals surface area contributed by atoms with Crippen molar-refractivity contribution in [1.29, 1.82) is 0 Å². The molecular weight excluding hydrogens is 462 g/mol. The third kappa shape index (κ3) is 4.96. The molecule has 0 radical (unpaired) electrons. The lowest BCUT2D eigenvalue weighted by Gasteiger charge is -2.27. The molecule has 190 valence electrons. The zero-order chi connectivity index (χ0) is 25.8. The van der Waals surface area contributed by atoms with Gasteiger partial charge < -0.3 is 14.4 Å². The Kier molecular flexibility index (Phi) is 7.26. The van der Waals surface area contributed by atoms with Gasteiger partial charge in [0, 0.05) is 17.7 Å². The monoisotopic (exact) mass is 495 g/mol. The molecule has 1 N–H and O–H groups in total. The molecule has 1 aliphatic rings. The van der Waals surface area contributed by atoms with Crippen molar-refractivity contribution >= 4 is 5.91 Å². The molecule has 0 saturated carbocycles. The summed E-state index contributed by atoms with van der Waals surface area (Å²) in [6.45, 7) is 5.42. The SMILES string of the molecule is CCCCOc1ccc(C2c3c(-c4ccc(C)cc4)n[nH]c3C(=O)N2CCc2ccccc2)cc1OC.